The van der Waals surface area contributed by atoms with Gasteiger partial charge in [-0.2, -0.15) is 0 Å². The predicted octanol–water partition coefficient (Wildman–Crippen LogP) is 1.69. The quantitative estimate of drug-likeness (QED) is 0.635. The lowest BCUT2D eigenvalue weighted by atomic mass is 10.0. The van der Waals surface area contributed by atoms with Crippen molar-refractivity contribution in [1.29, 1.82) is 0 Å². The number of pyridine rings is 1. The molecule has 6 nitrogen and oxygen atoms in total. The fourth-order valence-electron chi connectivity index (χ4n) is 2.94. The molecule has 1 saturated heterocycles. The van der Waals surface area contributed by atoms with Gasteiger partial charge in [-0.15, -0.1) is 0 Å². The summed E-state index contributed by atoms with van der Waals surface area (Å²) >= 11 is 0. The van der Waals surface area contributed by atoms with Crippen molar-refractivity contribution < 1.29 is 0 Å². The van der Waals surface area contributed by atoms with Gasteiger partial charge < -0.3 is 20.4 Å². The highest BCUT2D eigenvalue weighted by Gasteiger charge is 2.21. The third-order valence-corrected chi connectivity index (χ3v) is 4.51. The van der Waals surface area contributed by atoms with E-state index >= 15 is 0 Å². The second-order valence-electron chi connectivity index (χ2n) is 6.86. The molecule has 2 N–H and O–H groups in total. The minimum Gasteiger partial charge on any atom is -0.363 e. The molecule has 1 fully saturated rings. The Morgan fingerprint density at radius 2 is 2.04 bits per heavy atom. The molecule has 0 aliphatic carbocycles. The molecule has 1 aliphatic rings. The molecule has 24 heavy (non-hydrogen) atoms. The van der Waals surface area contributed by atoms with Crippen LogP contribution >= 0.6 is 0 Å². The summed E-state index contributed by atoms with van der Waals surface area (Å²) in [5.74, 6) is 1.83. The number of piperidine rings is 1. The summed E-state index contributed by atoms with van der Waals surface area (Å²) in [6.07, 6.45) is 2.32. The number of aliphatic imine (C=N–C) groups is 1. The van der Waals surface area contributed by atoms with Gasteiger partial charge in [-0.25, -0.2) is 4.98 Å². The Kier molecular flexibility index (Phi) is 6.85. The number of likely N-dealkylation sites (tertiary alicyclic amines) is 1. The zero-order chi connectivity index (χ0) is 17.5. The van der Waals surface area contributed by atoms with Gasteiger partial charge in [0.1, 0.15) is 5.82 Å². The third kappa shape index (κ3) is 5.37. The highest BCUT2D eigenvalue weighted by Crippen LogP contribution is 2.13. The number of aromatic nitrogens is 1. The summed E-state index contributed by atoms with van der Waals surface area (Å²) in [6.45, 7) is 7.51. The maximum atomic E-state index is 4.63. The number of nitrogens with zero attached hydrogens (tertiary/aromatic N) is 4. The molecular weight excluding hydrogens is 300 g/mol. The van der Waals surface area contributed by atoms with Crippen LogP contribution in [-0.4, -0.2) is 62.2 Å². The highest BCUT2D eigenvalue weighted by molar-refractivity contribution is 5.79. The molecule has 0 amide bonds. The van der Waals surface area contributed by atoms with Gasteiger partial charge in [0.25, 0.3) is 0 Å². The molecule has 2 rings (SSSR count). The van der Waals surface area contributed by atoms with E-state index in [0.717, 1.165) is 43.4 Å². The topological polar surface area (TPSA) is 55.8 Å². The van der Waals surface area contributed by atoms with Crippen molar-refractivity contribution in [3.63, 3.8) is 0 Å². The van der Waals surface area contributed by atoms with E-state index in [4.69, 9.17) is 0 Å². The summed E-state index contributed by atoms with van der Waals surface area (Å²) in [7, 11) is 5.83. The molecule has 1 aromatic heterocycles. The lowest BCUT2D eigenvalue weighted by Gasteiger charge is -2.35. The Morgan fingerprint density at radius 1 is 1.33 bits per heavy atom. The van der Waals surface area contributed by atoms with Crippen LogP contribution < -0.4 is 15.5 Å². The average Bonchev–Trinajstić information content (AvgIpc) is 2.59. The zero-order valence-electron chi connectivity index (χ0n) is 15.7. The minimum absolute atomic E-state index is 0.493. The maximum absolute atomic E-state index is 4.63. The molecular formula is C18H32N6. The Balaban J connectivity index is 1.82. The van der Waals surface area contributed by atoms with Crippen LogP contribution in [0.3, 0.4) is 0 Å². The first kappa shape index (κ1) is 18.5. The zero-order valence-corrected chi connectivity index (χ0v) is 15.7. The van der Waals surface area contributed by atoms with Crippen LogP contribution in [0.15, 0.2) is 23.2 Å². The second kappa shape index (κ2) is 8.87. The maximum Gasteiger partial charge on any atom is 0.191 e. The van der Waals surface area contributed by atoms with E-state index in [2.05, 4.69) is 39.4 Å². The van der Waals surface area contributed by atoms with Crippen molar-refractivity contribution in [1.82, 2.24) is 20.5 Å². The first-order valence-corrected chi connectivity index (χ1v) is 8.84. The average molecular weight is 332 g/mol. The van der Waals surface area contributed by atoms with Gasteiger partial charge in [-0.3, -0.25) is 4.99 Å². The third-order valence-electron chi connectivity index (χ3n) is 4.51. The molecule has 6 heteroatoms. The van der Waals surface area contributed by atoms with Crippen molar-refractivity contribution in [2.75, 3.05) is 39.1 Å². The number of nitrogens with one attached hydrogen (secondary N) is 2. The van der Waals surface area contributed by atoms with Crippen molar-refractivity contribution >= 4 is 11.8 Å². The number of anilines is 1. The van der Waals surface area contributed by atoms with Gasteiger partial charge in [0.15, 0.2) is 5.96 Å². The van der Waals surface area contributed by atoms with Gasteiger partial charge >= 0.3 is 0 Å². The van der Waals surface area contributed by atoms with E-state index in [-0.39, 0.29) is 0 Å². The fourth-order valence-corrected chi connectivity index (χ4v) is 2.94. The first-order valence-electron chi connectivity index (χ1n) is 8.84. The van der Waals surface area contributed by atoms with Crippen molar-refractivity contribution in [2.45, 2.75) is 45.3 Å². The first-order chi connectivity index (χ1) is 11.5. The monoisotopic (exact) mass is 332 g/mol. The summed E-state index contributed by atoms with van der Waals surface area (Å²) in [6, 6.07) is 7.22. The Labute approximate surface area is 146 Å². The molecule has 0 atom stereocenters. The Morgan fingerprint density at radius 3 is 2.62 bits per heavy atom. The number of guanidine groups is 1. The lowest BCUT2D eigenvalue weighted by Crippen LogP contribution is -2.49. The predicted molar refractivity (Wildman–Crippen MR) is 102 cm³/mol. The Bertz CT molecular complexity index is 532. The van der Waals surface area contributed by atoms with Crippen molar-refractivity contribution in [2.24, 2.45) is 4.99 Å². The number of hydrogen-bond donors (Lipinski definition) is 2. The summed E-state index contributed by atoms with van der Waals surface area (Å²) < 4.78 is 0. The van der Waals surface area contributed by atoms with E-state index in [1.54, 1.807) is 0 Å². The normalized spacial score (nSPS) is 17.2. The van der Waals surface area contributed by atoms with E-state index in [1.807, 2.05) is 44.2 Å². The molecule has 2 heterocycles. The highest BCUT2D eigenvalue weighted by atomic mass is 15.2. The van der Waals surface area contributed by atoms with Crippen LogP contribution in [0.4, 0.5) is 5.82 Å². The van der Waals surface area contributed by atoms with Crippen LogP contribution in [0.1, 0.15) is 32.4 Å². The van der Waals surface area contributed by atoms with Crippen LogP contribution in [0.2, 0.25) is 0 Å². The Hall–Kier alpha value is -1.82. The molecule has 0 radical (unpaired) electrons. The van der Waals surface area contributed by atoms with Crippen LogP contribution in [0.5, 0.6) is 0 Å². The standard InChI is InChI=1S/C18H32N6/c1-14(2)24-11-9-15(10-12-24)22-18(19-3)20-13-16-7-6-8-17(21-16)23(4)5/h6-8,14-15H,9-13H2,1-5H3,(H2,19,20,22). The van der Waals surface area contributed by atoms with E-state index in [1.165, 1.54) is 0 Å². The van der Waals surface area contributed by atoms with Gasteiger partial charge in [-0.1, -0.05) is 6.07 Å². The summed E-state index contributed by atoms with van der Waals surface area (Å²) in [5.41, 5.74) is 1.01. The SMILES string of the molecule is CN=C(NCc1cccc(N(C)C)n1)NC1CCN(C(C)C)CC1. The smallest absolute Gasteiger partial charge is 0.191 e. The molecule has 1 aliphatic heterocycles. The van der Waals surface area contributed by atoms with E-state index in [9.17, 15) is 0 Å². The molecule has 0 bridgehead atoms. The summed E-state index contributed by atoms with van der Waals surface area (Å²) in [4.78, 5) is 13.5. The fraction of sp³-hybridized carbons (Fsp3) is 0.667. The summed E-state index contributed by atoms with van der Waals surface area (Å²) in [5, 5.41) is 6.92. The number of rotatable bonds is 5. The van der Waals surface area contributed by atoms with Crippen LogP contribution in [0.25, 0.3) is 0 Å². The van der Waals surface area contributed by atoms with E-state index in [0.29, 0.717) is 18.6 Å². The molecule has 0 saturated carbocycles. The second-order valence-corrected chi connectivity index (χ2v) is 6.86. The molecule has 0 unspecified atom stereocenters. The van der Waals surface area contributed by atoms with Gasteiger partial charge in [0, 0.05) is 46.3 Å². The van der Waals surface area contributed by atoms with Gasteiger partial charge in [-0.05, 0) is 38.8 Å². The molecule has 134 valence electrons. The van der Waals surface area contributed by atoms with Crippen LogP contribution in [-0.2, 0) is 6.54 Å². The minimum atomic E-state index is 0.493. The van der Waals surface area contributed by atoms with Gasteiger partial charge in [0.05, 0.1) is 12.2 Å². The largest absolute Gasteiger partial charge is 0.363 e. The number of hydrogen-bond acceptors (Lipinski definition) is 4. The van der Waals surface area contributed by atoms with Gasteiger partial charge in [0.2, 0.25) is 0 Å². The molecule has 0 spiro atoms. The van der Waals surface area contributed by atoms with Crippen molar-refractivity contribution in [3.8, 4) is 0 Å². The van der Waals surface area contributed by atoms with E-state index < -0.39 is 0 Å². The molecule has 1 aromatic rings. The lowest BCUT2D eigenvalue weighted by molar-refractivity contribution is 0.167. The molecule has 0 aromatic carbocycles. The van der Waals surface area contributed by atoms with Crippen molar-refractivity contribution in [3.05, 3.63) is 23.9 Å². The van der Waals surface area contributed by atoms with Crippen LogP contribution in [0, 0.1) is 0 Å².